The Bertz CT molecular complexity index is 880. The van der Waals surface area contributed by atoms with E-state index in [-0.39, 0.29) is 21.3 Å². The molecule has 0 aromatic rings. The van der Waals surface area contributed by atoms with Crippen molar-refractivity contribution in [2.75, 3.05) is 6.61 Å². The SMILES string of the molecule is CC(C)(O)CCOC(C)(C)CCC1CC2(O[Si](C)(C)C)CC[Si]12OC(C)(C)[Si]1(OC(C)(C)[Si](C)(C)C)CCCC1. The molecule has 0 saturated carbocycles. The molecule has 3 aliphatic rings. The summed E-state index contributed by atoms with van der Waals surface area (Å²) in [5, 5.41) is 9.87. The van der Waals surface area contributed by atoms with Crippen molar-refractivity contribution in [2.24, 2.45) is 0 Å². The second kappa shape index (κ2) is 11.2. The number of aliphatic hydroxyl groups is 1. The quantitative estimate of drug-likeness (QED) is 0.183. The zero-order valence-electron chi connectivity index (χ0n) is 28.9. The first-order valence-electron chi connectivity index (χ1n) is 16.3. The van der Waals surface area contributed by atoms with Crippen molar-refractivity contribution >= 4 is 33.0 Å². The molecule has 236 valence electrons. The van der Waals surface area contributed by atoms with Crippen molar-refractivity contribution in [1.82, 2.24) is 0 Å². The van der Waals surface area contributed by atoms with E-state index in [0.717, 1.165) is 19.3 Å². The molecule has 3 fully saturated rings. The van der Waals surface area contributed by atoms with Gasteiger partial charge in [-0.25, -0.2) is 0 Å². The third kappa shape index (κ3) is 7.30. The van der Waals surface area contributed by atoms with Gasteiger partial charge in [0.1, 0.15) is 0 Å². The number of hydrogen-bond donors (Lipinski definition) is 1. The van der Waals surface area contributed by atoms with Gasteiger partial charge in [0, 0.05) is 5.22 Å². The van der Waals surface area contributed by atoms with E-state index in [2.05, 4.69) is 80.8 Å². The zero-order valence-corrected chi connectivity index (χ0v) is 32.9. The van der Waals surface area contributed by atoms with Crippen LogP contribution in [-0.4, -0.2) is 71.6 Å². The van der Waals surface area contributed by atoms with Gasteiger partial charge in [-0.05, 0) is 131 Å². The van der Waals surface area contributed by atoms with Crippen LogP contribution < -0.4 is 0 Å². The van der Waals surface area contributed by atoms with Gasteiger partial charge in [-0.1, -0.05) is 32.5 Å². The van der Waals surface area contributed by atoms with E-state index >= 15 is 0 Å². The average Bonchev–Trinajstić information content (AvgIpc) is 3.20. The summed E-state index contributed by atoms with van der Waals surface area (Å²) >= 11 is 0. The lowest BCUT2D eigenvalue weighted by Gasteiger charge is -2.72. The highest BCUT2D eigenvalue weighted by Crippen LogP contribution is 2.68. The molecule has 0 aromatic carbocycles. The molecule has 3 aliphatic heterocycles. The maximum atomic E-state index is 10.1. The van der Waals surface area contributed by atoms with Gasteiger partial charge in [-0.2, -0.15) is 0 Å². The lowest BCUT2D eigenvalue weighted by molar-refractivity contribution is -0.0574. The fraction of sp³-hybridized carbons (Fsp3) is 1.00. The van der Waals surface area contributed by atoms with Crippen LogP contribution in [-0.2, 0) is 18.0 Å². The van der Waals surface area contributed by atoms with E-state index in [1.165, 1.54) is 37.4 Å². The Morgan fingerprint density at radius 1 is 0.825 bits per heavy atom. The summed E-state index contributed by atoms with van der Waals surface area (Å²) in [7, 11) is -7.56. The van der Waals surface area contributed by atoms with E-state index in [0.29, 0.717) is 18.6 Å². The van der Waals surface area contributed by atoms with Gasteiger partial charge in [0.2, 0.25) is 16.6 Å². The Hall–Kier alpha value is 0.668. The monoisotopic (exact) mass is 630 g/mol. The molecule has 0 bridgehead atoms. The highest BCUT2D eigenvalue weighted by molar-refractivity contribution is 6.87. The van der Waals surface area contributed by atoms with Gasteiger partial charge in [0.15, 0.2) is 8.32 Å². The molecule has 0 radical (unpaired) electrons. The number of fused-ring (bicyclic) bond motifs is 1. The van der Waals surface area contributed by atoms with E-state index in [4.69, 9.17) is 18.0 Å². The predicted octanol–water partition coefficient (Wildman–Crippen LogP) is 8.72. The molecule has 5 nitrogen and oxygen atoms in total. The first-order valence-corrected chi connectivity index (χ1v) is 27.7. The highest BCUT2D eigenvalue weighted by Gasteiger charge is 2.78. The Kier molecular flexibility index (Phi) is 9.87. The van der Waals surface area contributed by atoms with Crippen molar-refractivity contribution in [3.8, 4) is 0 Å². The molecule has 3 saturated heterocycles. The van der Waals surface area contributed by atoms with Gasteiger partial charge < -0.3 is 23.1 Å². The smallest absolute Gasteiger partial charge is 0.226 e. The summed E-state index contributed by atoms with van der Waals surface area (Å²) in [6.07, 6.45) is 7.73. The topological polar surface area (TPSA) is 57.2 Å². The van der Waals surface area contributed by atoms with Gasteiger partial charge in [0.25, 0.3) is 0 Å². The fourth-order valence-corrected chi connectivity index (χ4v) is 23.3. The average molecular weight is 631 g/mol. The van der Waals surface area contributed by atoms with Crippen LogP contribution >= 0.6 is 0 Å². The molecule has 3 rings (SSSR count). The minimum absolute atomic E-state index is 0.00775. The largest absolute Gasteiger partial charge is 0.412 e. The van der Waals surface area contributed by atoms with E-state index in [1.807, 2.05) is 13.8 Å². The van der Waals surface area contributed by atoms with Gasteiger partial charge in [0.05, 0.1) is 36.3 Å². The van der Waals surface area contributed by atoms with Crippen LogP contribution in [0, 0.1) is 0 Å². The van der Waals surface area contributed by atoms with Crippen LogP contribution in [0.5, 0.6) is 0 Å². The van der Waals surface area contributed by atoms with E-state index in [1.54, 1.807) is 0 Å². The minimum atomic E-state index is -2.16. The molecule has 1 N–H and O–H groups in total. The van der Waals surface area contributed by atoms with Crippen LogP contribution in [0.1, 0.15) is 100 Å². The van der Waals surface area contributed by atoms with Crippen molar-refractivity contribution in [2.45, 2.75) is 190 Å². The van der Waals surface area contributed by atoms with E-state index in [9.17, 15) is 5.11 Å². The standard InChI is InChI=1S/C31H66O5Si4/c1-27(2,32)19-21-33-28(3,4)18-17-26-25-31(36-38(12,13)14)20-24-40(26,31)35-30(7,8)39(22-15-16-23-39)34-29(5,6)37(9,10)11/h26,32H,15-25H2,1-14H3. The Morgan fingerprint density at radius 3 is 1.85 bits per heavy atom. The molecule has 40 heavy (non-hydrogen) atoms. The minimum Gasteiger partial charge on any atom is -0.412 e. The van der Waals surface area contributed by atoms with Crippen molar-refractivity contribution in [3.05, 3.63) is 0 Å². The lowest BCUT2D eigenvalue weighted by Crippen LogP contribution is -2.84. The third-order valence-corrected chi connectivity index (χ3v) is 27.5. The van der Waals surface area contributed by atoms with Gasteiger partial charge >= 0.3 is 0 Å². The Labute approximate surface area is 252 Å². The normalized spacial score (nSPS) is 29.6. The fourth-order valence-electron chi connectivity index (χ4n) is 7.39. The summed E-state index contributed by atoms with van der Waals surface area (Å²) in [5.41, 5.74) is -0.275. The molecule has 0 amide bonds. The van der Waals surface area contributed by atoms with Crippen LogP contribution in [0.25, 0.3) is 0 Å². The lowest BCUT2D eigenvalue weighted by atomic mass is 9.96. The van der Waals surface area contributed by atoms with Crippen LogP contribution in [0.4, 0.5) is 0 Å². The summed E-state index contributed by atoms with van der Waals surface area (Å²) in [5.74, 6) is 0. The van der Waals surface area contributed by atoms with Crippen molar-refractivity contribution in [3.63, 3.8) is 0 Å². The number of hydrogen-bond acceptors (Lipinski definition) is 5. The first-order chi connectivity index (χ1) is 17.8. The maximum Gasteiger partial charge on any atom is 0.226 e. The molecule has 0 aliphatic carbocycles. The van der Waals surface area contributed by atoms with Crippen LogP contribution in [0.15, 0.2) is 0 Å². The first kappa shape index (κ1) is 35.1. The number of ether oxygens (including phenoxy) is 1. The summed E-state index contributed by atoms with van der Waals surface area (Å²) in [6, 6.07) is 3.69. The van der Waals surface area contributed by atoms with Crippen molar-refractivity contribution < 1.29 is 23.1 Å². The summed E-state index contributed by atoms with van der Waals surface area (Å²) < 4.78 is 28.7. The van der Waals surface area contributed by atoms with Gasteiger partial charge in [-0.15, -0.1) is 0 Å². The number of rotatable bonds is 15. The van der Waals surface area contributed by atoms with Gasteiger partial charge in [-0.3, -0.25) is 0 Å². The van der Waals surface area contributed by atoms with Crippen LogP contribution in [0.2, 0.25) is 63.0 Å². The van der Waals surface area contributed by atoms with E-state index < -0.39 is 38.6 Å². The second-order valence-corrected chi connectivity index (χ2v) is 36.6. The molecule has 0 aromatic heterocycles. The molecule has 3 heterocycles. The summed E-state index contributed by atoms with van der Waals surface area (Å²) in [6.45, 7) is 32.7. The van der Waals surface area contributed by atoms with Crippen molar-refractivity contribution in [1.29, 1.82) is 0 Å². The molecular weight excluding hydrogens is 565 g/mol. The Balaban J connectivity index is 1.84. The molecule has 9 heteroatoms. The molecule has 3 atom stereocenters. The second-order valence-electron chi connectivity index (χ2n) is 17.9. The highest BCUT2D eigenvalue weighted by atomic mass is 28.4. The third-order valence-electron chi connectivity index (χ3n) is 10.9. The predicted molar refractivity (Wildman–Crippen MR) is 179 cm³/mol. The molecule has 0 spiro atoms. The zero-order chi connectivity index (χ0) is 30.7. The molecule has 3 unspecified atom stereocenters. The maximum absolute atomic E-state index is 10.1. The Morgan fingerprint density at radius 2 is 1.40 bits per heavy atom. The van der Waals surface area contributed by atoms with Crippen LogP contribution in [0.3, 0.4) is 0 Å². The summed E-state index contributed by atoms with van der Waals surface area (Å²) in [4.78, 5) is 0. The molecular formula is C31H66O5Si4.